The first-order valence-corrected chi connectivity index (χ1v) is 7.34. The second kappa shape index (κ2) is 5.33. The molecule has 0 bridgehead atoms. The smallest absolute Gasteiger partial charge is 0.0729 e. The fourth-order valence-electron chi connectivity index (χ4n) is 3.32. The highest BCUT2D eigenvalue weighted by Crippen LogP contribution is 2.29. The molecule has 3 rings (SSSR count). The molecular weight excluding hydrogens is 236 g/mol. The molecule has 1 saturated carbocycles. The number of aryl methyl sites for hydroxylation is 1. The maximum Gasteiger partial charge on any atom is 0.0729 e. The highest BCUT2D eigenvalue weighted by atomic mass is 16.3. The number of hydrogen-bond acceptors (Lipinski definition) is 2. The van der Waals surface area contributed by atoms with Crippen molar-refractivity contribution in [2.45, 2.75) is 44.6 Å². The van der Waals surface area contributed by atoms with E-state index in [1.165, 1.54) is 37.5 Å². The van der Waals surface area contributed by atoms with Crippen molar-refractivity contribution in [3.63, 3.8) is 0 Å². The van der Waals surface area contributed by atoms with Crippen LogP contribution in [0.3, 0.4) is 0 Å². The number of nitrogens with zero attached hydrogens (tertiary/aromatic N) is 2. The summed E-state index contributed by atoms with van der Waals surface area (Å²) in [5.41, 5.74) is 2.18. The van der Waals surface area contributed by atoms with Crippen molar-refractivity contribution in [2.24, 2.45) is 13.0 Å². The van der Waals surface area contributed by atoms with Crippen LogP contribution in [-0.4, -0.2) is 21.0 Å². The minimum atomic E-state index is -0.237. The molecule has 1 heterocycles. The molecule has 1 fully saturated rings. The van der Waals surface area contributed by atoms with Crippen LogP contribution >= 0.6 is 0 Å². The van der Waals surface area contributed by atoms with Gasteiger partial charge in [0, 0.05) is 18.9 Å². The summed E-state index contributed by atoms with van der Waals surface area (Å²) in [6.07, 6.45) is 6.66. The molecule has 1 atom stereocenters. The maximum absolute atomic E-state index is 10.4. The van der Waals surface area contributed by atoms with Crippen LogP contribution in [-0.2, 0) is 13.5 Å². The summed E-state index contributed by atoms with van der Waals surface area (Å²) in [5.74, 6) is 0.467. The van der Waals surface area contributed by atoms with E-state index >= 15 is 0 Å². The third kappa shape index (κ3) is 2.52. The molecular formula is C16H22N2O. The van der Waals surface area contributed by atoms with E-state index in [-0.39, 0.29) is 6.10 Å². The number of aliphatic hydroxyl groups excluding tert-OH is 1. The summed E-state index contributed by atoms with van der Waals surface area (Å²) >= 11 is 0. The maximum atomic E-state index is 10.4. The summed E-state index contributed by atoms with van der Waals surface area (Å²) in [6, 6.07) is 8.26. The van der Waals surface area contributed by atoms with Gasteiger partial charge in [0.2, 0.25) is 0 Å². The predicted octanol–water partition coefficient (Wildman–Crippen LogP) is 3.06. The number of benzene rings is 1. The van der Waals surface area contributed by atoms with Gasteiger partial charge in [-0.3, -0.25) is 4.68 Å². The summed E-state index contributed by atoms with van der Waals surface area (Å²) in [6.45, 7) is 0. The normalized spacial score (nSPS) is 18.8. The lowest BCUT2D eigenvalue weighted by molar-refractivity contribution is 0.0844. The molecule has 0 amide bonds. The first kappa shape index (κ1) is 12.7. The Balaban J connectivity index is 1.81. The Morgan fingerprint density at radius 1 is 1.26 bits per heavy atom. The third-order valence-corrected chi connectivity index (χ3v) is 4.43. The van der Waals surface area contributed by atoms with Crippen molar-refractivity contribution in [3.05, 3.63) is 30.0 Å². The topological polar surface area (TPSA) is 38.0 Å². The molecule has 1 N–H and O–H groups in total. The number of aromatic nitrogens is 2. The zero-order chi connectivity index (χ0) is 13.2. The van der Waals surface area contributed by atoms with Crippen LogP contribution in [0.4, 0.5) is 0 Å². The molecule has 1 unspecified atom stereocenters. The Morgan fingerprint density at radius 2 is 2.00 bits per heavy atom. The fraction of sp³-hybridized carbons (Fsp3) is 0.562. The summed E-state index contributed by atoms with van der Waals surface area (Å²) < 4.78 is 1.91. The highest BCUT2D eigenvalue weighted by Gasteiger charge is 2.23. The van der Waals surface area contributed by atoms with Crippen LogP contribution < -0.4 is 0 Å². The van der Waals surface area contributed by atoms with Gasteiger partial charge >= 0.3 is 0 Å². The van der Waals surface area contributed by atoms with Crippen molar-refractivity contribution in [3.8, 4) is 0 Å². The molecule has 2 aromatic rings. The lowest BCUT2D eigenvalue weighted by Gasteiger charge is -2.26. The van der Waals surface area contributed by atoms with E-state index in [2.05, 4.69) is 17.2 Å². The van der Waals surface area contributed by atoms with Gasteiger partial charge in [-0.05, 0) is 24.8 Å². The van der Waals surface area contributed by atoms with Gasteiger partial charge in [0.15, 0.2) is 0 Å². The van der Waals surface area contributed by atoms with Gasteiger partial charge in [0.05, 0.1) is 17.3 Å². The van der Waals surface area contributed by atoms with E-state index in [0.29, 0.717) is 12.3 Å². The lowest BCUT2D eigenvalue weighted by Crippen LogP contribution is -2.25. The van der Waals surface area contributed by atoms with E-state index in [1.807, 2.05) is 23.9 Å². The molecule has 1 aliphatic carbocycles. The van der Waals surface area contributed by atoms with Gasteiger partial charge in [0.25, 0.3) is 0 Å². The molecule has 102 valence electrons. The van der Waals surface area contributed by atoms with Crippen molar-refractivity contribution >= 4 is 10.9 Å². The molecule has 1 aromatic carbocycles. The van der Waals surface area contributed by atoms with Crippen LogP contribution in [0.25, 0.3) is 10.9 Å². The van der Waals surface area contributed by atoms with E-state index in [1.54, 1.807) is 0 Å². The first-order chi connectivity index (χ1) is 9.25. The minimum Gasteiger partial charge on any atom is -0.392 e. The number of fused-ring (bicyclic) bond motifs is 1. The van der Waals surface area contributed by atoms with Gasteiger partial charge < -0.3 is 5.11 Å². The summed E-state index contributed by atoms with van der Waals surface area (Å²) in [7, 11) is 1.97. The fourth-order valence-corrected chi connectivity index (χ4v) is 3.32. The van der Waals surface area contributed by atoms with Gasteiger partial charge in [0.1, 0.15) is 0 Å². The summed E-state index contributed by atoms with van der Waals surface area (Å²) in [4.78, 5) is 0. The molecule has 3 nitrogen and oxygen atoms in total. The number of aliphatic hydroxyl groups is 1. The highest BCUT2D eigenvalue weighted by molar-refractivity contribution is 5.81. The zero-order valence-electron chi connectivity index (χ0n) is 11.5. The number of para-hydroxylation sites is 1. The van der Waals surface area contributed by atoms with E-state index in [0.717, 1.165) is 11.2 Å². The van der Waals surface area contributed by atoms with Crippen molar-refractivity contribution in [1.29, 1.82) is 0 Å². The monoisotopic (exact) mass is 258 g/mol. The number of rotatable bonds is 3. The molecule has 1 aromatic heterocycles. The Kier molecular flexibility index (Phi) is 3.56. The Morgan fingerprint density at radius 3 is 2.79 bits per heavy atom. The third-order valence-electron chi connectivity index (χ3n) is 4.43. The largest absolute Gasteiger partial charge is 0.392 e. The van der Waals surface area contributed by atoms with E-state index in [4.69, 9.17) is 0 Å². The van der Waals surface area contributed by atoms with Gasteiger partial charge in [-0.15, -0.1) is 0 Å². The zero-order valence-corrected chi connectivity index (χ0v) is 11.5. The van der Waals surface area contributed by atoms with Gasteiger partial charge in [-0.2, -0.15) is 5.10 Å². The quantitative estimate of drug-likeness (QED) is 0.919. The molecule has 0 radical (unpaired) electrons. The average molecular weight is 258 g/mol. The van der Waals surface area contributed by atoms with Crippen LogP contribution in [0.1, 0.15) is 37.8 Å². The minimum absolute atomic E-state index is 0.237. The molecule has 3 heteroatoms. The Hall–Kier alpha value is -1.35. The van der Waals surface area contributed by atoms with Crippen LogP contribution in [0.5, 0.6) is 0 Å². The first-order valence-electron chi connectivity index (χ1n) is 7.34. The van der Waals surface area contributed by atoms with E-state index < -0.39 is 0 Å². The van der Waals surface area contributed by atoms with Gasteiger partial charge in [-0.25, -0.2) is 0 Å². The van der Waals surface area contributed by atoms with Crippen LogP contribution in [0.15, 0.2) is 24.3 Å². The standard InChI is InChI=1S/C16H22N2O/c1-18-15-10-6-5-9-13(15)14(17-18)11-16(19)12-7-3-2-4-8-12/h5-6,9-10,12,16,19H,2-4,7-8,11H2,1H3. The molecule has 0 saturated heterocycles. The van der Waals surface area contributed by atoms with Crippen molar-refractivity contribution in [1.82, 2.24) is 9.78 Å². The molecule has 1 aliphatic rings. The average Bonchev–Trinajstić information content (AvgIpc) is 2.77. The second-order valence-corrected chi connectivity index (χ2v) is 5.76. The van der Waals surface area contributed by atoms with Gasteiger partial charge in [-0.1, -0.05) is 37.5 Å². The Labute approximate surface area is 114 Å². The number of hydrogen-bond donors (Lipinski definition) is 1. The summed E-state index contributed by atoms with van der Waals surface area (Å²) in [5, 5.41) is 16.2. The Bertz CT molecular complexity index is 555. The SMILES string of the molecule is Cn1nc(CC(O)C2CCCCC2)c2ccccc21. The molecule has 0 aliphatic heterocycles. The lowest BCUT2D eigenvalue weighted by atomic mass is 9.83. The molecule has 0 spiro atoms. The van der Waals surface area contributed by atoms with Crippen LogP contribution in [0, 0.1) is 5.92 Å². The van der Waals surface area contributed by atoms with Crippen molar-refractivity contribution in [2.75, 3.05) is 0 Å². The van der Waals surface area contributed by atoms with Crippen molar-refractivity contribution < 1.29 is 5.11 Å². The van der Waals surface area contributed by atoms with Crippen LogP contribution in [0.2, 0.25) is 0 Å². The predicted molar refractivity (Wildman–Crippen MR) is 77.0 cm³/mol. The molecule has 19 heavy (non-hydrogen) atoms. The van der Waals surface area contributed by atoms with E-state index in [9.17, 15) is 5.11 Å². The second-order valence-electron chi connectivity index (χ2n) is 5.76.